The Labute approximate surface area is 177 Å². The molecule has 0 N–H and O–H groups in total. The van der Waals surface area contributed by atoms with Crippen LogP contribution in [-0.2, 0) is 6.54 Å². The number of nitrogens with zero attached hydrogens (tertiary/aromatic N) is 4. The third-order valence-corrected chi connectivity index (χ3v) is 6.18. The summed E-state index contributed by atoms with van der Waals surface area (Å²) in [6, 6.07) is 14.2. The fourth-order valence-electron chi connectivity index (χ4n) is 3.67. The van der Waals surface area contributed by atoms with Gasteiger partial charge in [0, 0.05) is 15.8 Å². The molecule has 2 aromatic heterocycles. The fraction of sp³-hybridized carbons (Fsp3) is 0.261. The van der Waals surface area contributed by atoms with E-state index in [4.69, 9.17) is 5.10 Å². The molecule has 1 aliphatic carbocycles. The molecule has 146 valence electrons. The second-order valence-electron chi connectivity index (χ2n) is 7.84. The lowest BCUT2D eigenvalue weighted by atomic mass is 10.1. The van der Waals surface area contributed by atoms with Gasteiger partial charge in [0.2, 0.25) is 0 Å². The van der Waals surface area contributed by atoms with Crippen LogP contribution in [0.4, 0.5) is 0 Å². The van der Waals surface area contributed by atoms with E-state index in [9.17, 15) is 4.79 Å². The predicted octanol–water partition coefficient (Wildman–Crippen LogP) is 4.89. The van der Waals surface area contributed by atoms with E-state index in [1.54, 1.807) is 15.6 Å². The third kappa shape index (κ3) is 3.31. The summed E-state index contributed by atoms with van der Waals surface area (Å²) in [5.41, 5.74) is 5.84. The van der Waals surface area contributed by atoms with E-state index >= 15 is 0 Å². The maximum Gasteiger partial charge on any atom is 0.293 e. The molecule has 4 aromatic rings. The molecule has 5 nitrogen and oxygen atoms in total. The van der Waals surface area contributed by atoms with Crippen LogP contribution in [0.3, 0.4) is 0 Å². The van der Waals surface area contributed by atoms with Crippen molar-refractivity contribution in [1.29, 1.82) is 0 Å². The van der Waals surface area contributed by atoms with Crippen LogP contribution in [0.1, 0.15) is 41.1 Å². The quantitative estimate of drug-likeness (QED) is 0.446. The van der Waals surface area contributed by atoms with Crippen molar-refractivity contribution in [3.8, 4) is 5.69 Å². The molecule has 0 unspecified atom stereocenters. The Morgan fingerprint density at radius 1 is 1.07 bits per heavy atom. The van der Waals surface area contributed by atoms with Crippen molar-refractivity contribution in [1.82, 2.24) is 19.6 Å². The van der Waals surface area contributed by atoms with E-state index in [1.165, 1.54) is 11.1 Å². The molecule has 2 heterocycles. The van der Waals surface area contributed by atoms with Gasteiger partial charge in [-0.05, 0) is 67.6 Å². The number of hydrogen-bond donors (Lipinski definition) is 0. The topological polar surface area (TPSA) is 52.7 Å². The summed E-state index contributed by atoms with van der Waals surface area (Å²) < 4.78 is 4.39. The largest absolute Gasteiger partial charge is 0.293 e. The Morgan fingerprint density at radius 2 is 1.83 bits per heavy atom. The standard InChI is InChI=1S/C23H21BrN4O/c1-14-3-10-19(11-15(14)2)28-22-20(12-25-28)21(17-6-7-17)26-27(23(22)29)13-16-4-8-18(24)9-5-16/h3-5,8-12,17H,6-7,13H2,1-2H3. The van der Waals surface area contributed by atoms with Crippen molar-refractivity contribution in [2.24, 2.45) is 0 Å². The van der Waals surface area contributed by atoms with Gasteiger partial charge in [-0.3, -0.25) is 4.79 Å². The minimum absolute atomic E-state index is 0.108. The molecule has 5 rings (SSSR count). The minimum Gasteiger partial charge on any atom is -0.265 e. The smallest absolute Gasteiger partial charge is 0.265 e. The molecule has 0 aliphatic heterocycles. The van der Waals surface area contributed by atoms with Gasteiger partial charge in [-0.25, -0.2) is 9.36 Å². The summed E-state index contributed by atoms with van der Waals surface area (Å²) in [4.78, 5) is 13.4. The minimum atomic E-state index is -0.108. The van der Waals surface area contributed by atoms with Gasteiger partial charge in [-0.15, -0.1) is 0 Å². The summed E-state index contributed by atoms with van der Waals surface area (Å²) in [7, 11) is 0. The lowest BCUT2D eigenvalue weighted by Gasteiger charge is -2.11. The normalized spacial score (nSPS) is 13.9. The molecule has 1 saturated carbocycles. The Balaban J connectivity index is 1.70. The van der Waals surface area contributed by atoms with E-state index in [-0.39, 0.29) is 5.56 Å². The summed E-state index contributed by atoms with van der Waals surface area (Å²) in [5.74, 6) is 0.423. The molecule has 2 aromatic carbocycles. The summed E-state index contributed by atoms with van der Waals surface area (Å²) in [6.45, 7) is 4.61. The van der Waals surface area contributed by atoms with Crippen LogP contribution in [0.15, 0.2) is 57.9 Å². The van der Waals surface area contributed by atoms with Crippen LogP contribution in [0, 0.1) is 13.8 Å². The lowest BCUT2D eigenvalue weighted by molar-refractivity contribution is 0.626. The number of rotatable bonds is 4. The van der Waals surface area contributed by atoms with Gasteiger partial charge in [0.05, 0.1) is 24.1 Å². The Hall–Kier alpha value is -2.73. The monoisotopic (exact) mass is 448 g/mol. The SMILES string of the molecule is Cc1ccc(-n2ncc3c(C4CC4)nn(Cc4ccc(Br)cc4)c(=O)c32)cc1C. The highest BCUT2D eigenvalue weighted by atomic mass is 79.9. The molecule has 0 radical (unpaired) electrons. The average Bonchev–Trinajstić information content (AvgIpc) is 3.46. The van der Waals surface area contributed by atoms with Crippen molar-refractivity contribution in [2.75, 3.05) is 0 Å². The molecule has 0 spiro atoms. The molecule has 0 saturated heterocycles. The zero-order chi connectivity index (χ0) is 20.1. The molecular weight excluding hydrogens is 428 g/mol. The summed E-state index contributed by atoms with van der Waals surface area (Å²) in [5, 5.41) is 10.2. The predicted molar refractivity (Wildman–Crippen MR) is 118 cm³/mol. The molecule has 1 aliphatic rings. The van der Waals surface area contributed by atoms with Gasteiger partial charge in [-0.2, -0.15) is 10.2 Å². The van der Waals surface area contributed by atoms with Crippen molar-refractivity contribution in [3.63, 3.8) is 0 Å². The highest BCUT2D eigenvalue weighted by Gasteiger charge is 2.30. The number of benzene rings is 2. The van der Waals surface area contributed by atoms with Crippen molar-refractivity contribution in [3.05, 3.63) is 85.9 Å². The van der Waals surface area contributed by atoms with Crippen LogP contribution in [0.25, 0.3) is 16.6 Å². The summed E-state index contributed by atoms with van der Waals surface area (Å²) >= 11 is 3.46. The van der Waals surface area contributed by atoms with Gasteiger partial charge in [0.15, 0.2) is 0 Å². The van der Waals surface area contributed by atoms with Gasteiger partial charge in [-0.1, -0.05) is 34.1 Å². The number of aryl methyl sites for hydroxylation is 2. The van der Waals surface area contributed by atoms with E-state index in [2.05, 4.69) is 47.0 Å². The van der Waals surface area contributed by atoms with Crippen LogP contribution in [0.5, 0.6) is 0 Å². The van der Waals surface area contributed by atoms with Crippen LogP contribution < -0.4 is 5.56 Å². The van der Waals surface area contributed by atoms with Gasteiger partial charge < -0.3 is 0 Å². The first-order valence-electron chi connectivity index (χ1n) is 9.82. The van der Waals surface area contributed by atoms with E-state index in [0.29, 0.717) is 18.0 Å². The van der Waals surface area contributed by atoms with Crippen molar-refractivity contribution >= 4 is 26.8 Å². The van der Waals surface area contributed by atoms with Crippen molar-refractivity contribution in [2.45, 2.75) is 39.2 Å². The highest BCUT2D eigenvalue weighted by molar-refractivity contribution is 9.10. The fourth-order valence-corrected chi connectivity index (χ4v) is 3.94. The first-order valence-corrected chi connectivity index (χ1v) is 10.6. The molecule has 0 amide bonds. The van der Waals surface area contributed by atoms with Crippen LogP contribution in [-0.4, -0.2) is 19.6 Å². The summed E-state index contributed by atoms with van der Waals surface area (Å²) in [6.07, 6.45) is 4.04. The Morgan fingerprint density at radius 3 is 2.52 bits per heavy atom. The number of halogens is 1. The highest BCUT2D eigenvalue weighted by Crippen LogP contribution is 2.41. The van der Waals surface area contributed by atoms with Crippen molar-refractivity contribution < 1.29 is 0 Å². The molecule has 6 heteroatoms. The van der Waals surface area contributed by atoms with E-state index in [1.807, 2.05) is 30.3 Å². The zero-order valence-corrected chi connectivity index (χ0v) is 18.0. The van der Waals surface area contributed by atoms with Gasteiger partial charge in [0.25, 0.3) is 5.56 Å². The lowest BCUT2D eigenvalue weighted by Crippen LogP contribution is -2.26. The first-order chi connectivity index (χ1) is 14.0. The maximum atomic E-state index is 13.4. The number of fused-ring (bicyclic) bond motifs is 1. The number of aromatic nitrogens is 4. The number of hydrogen-bond acceptors (Lipinski definition) is 3. The van der Waals surface area contributed by atoms with Crippen LogP contribution in [0.2, 0.25) is 0 Å². The Bertz CT molecular complexity index is 1280. The first kappa shape index (κ1) is 18.3. The molecule has 0 atom stereocenters. The van der Waals surface area contributed by atoms with Gasteiger partial charge >= 0.3 is 0 Å². The molecule has 0 bridgehead atoms. The van der Waals surface area contributed by atoms with E-state index in [0.717, 1.165) is 39.6 Å². The van der Waals surface area contributed by atoms with Crippen LogP contribution >= 0.6 is 15.9 Å². The Kier molecular flexibility index (Phi) is 4.39. The molecule has 29 heavy (non-hydrogen) atoms. The third-order valence-electron chi connectivity index (χ3n) is 5.66. The maximum absolute atomic E-state index is 13.4. The second kappa shape index (κ2) is 6.95. The average molecular weight is 449 g/mol. The molecular formula is C23H21BrN4O. The van der Waals surface area contributed by atoms with Gasteiger partial charge in [0.1, 0.15) is 5.52 Å². The molecule has 1 fully saturated rings. The zero-order valence-electron chi connectivity index (χ0n) is 16.4. The second-order valence-corrected chi connectivity index (χ2v) is 8.75. The van der Waals surface area contributed by atoms with E-state index < -0.39 is 0 Å².